The Morgan fingerprint density at radius 3 is 2.24 bits per heavy atom. The molecular formula is C23H24F3N5O2. The Hall–Kier alpha value is -3.82. The number of nitrogens with zero attached hydrogens (tertiary/aromatic N) is 3. The van der Waals surface area contributed by atoms with Crippen LogP contribution in [0.25, 0.3) is 0 Å². The third kappa shape index (κ3) is 5.33. The summed E-state index contributed by atoms with van der Waals surface area (Å²) in [5.74, 6) is -4.84. The number of rotatable bonds is 8. The van der Waals surface area contributed by atoms with Crippen LogP contribution in [-0.4, -0.2) is 36.1 Å². The van der Waals surface area contributed by atoms with Crippen molar-refractivity contribution < 1.29 is 22.7 Å². The van der Waals surface area contributed by atoms with Crippen molar-refractivity contribution in [2.75, 3.05) is 35.7 Å². The van der Waals surface area contributed by atoms with E-state index in [0.29, 0.717) is 23.4 Å². The molecule has 0 bridgehead atoms. The van der Waals surface area contributed by atoms with Gasteiger partial charge in [0.15, 0.2) is 17.4 Å². The van der Waals surface area contributed by atoms with Gasteiger partial charge in [-0.15, -0.1) is 0 Å². The molecular weight excluding hydrogens is 435 g/mol. The average Bonchev–Trinajstić information content (AvgIpc) is 2.78. The molecule has 0 saturated carbocycles. The van der Waals surface area contributed by atoms with E-state index < -0.39 is 34.7 Å². The van der Waals surface area contributed by atoms with Crippen LogP contribution >= 0.6 is 0 Å². The molecule has 33 heavy (non-hydrogen) atoms. The summed E-state index contributed by atoms with van der Waals surface area (Å²) < 4.78 is 46.1. The van der Waals surface area contributed by atoms with E-state index in [4.69, 9.17) is 0 Å². The normalized spacial score (nSPS) is 10.6. The van der Waals surface area contributed by atoms with E-state index in [9.17, 15) is 18.0 Å². The highest BCUT2D eigenvalue weighted by molar-refractivity contribution is 6.04. The summed E-state index contributed by atoms with van der Waals surface area (Å²) in [6.45, 7) is 7.59. The van der Waals surface area contributed by atoms with Crippen LogP contribution in [0.1, 0.15) is 29.9 Å². The van der Waals surface area contributed by atoms with Gasteiger partial charge in [0, 0.05) is 36.2 Å². The molecule has 0 spiro atoms. The van der Waals surface area contributed by atoms with Gasteiger partial charge in [-0.25, -0.2) is 13.8 Å². The molecule has 2 aromatic carbocycles. The first-order valence-electron chi connectivity index (χ1n) is 10.3. The van der Waals surface area contributed by atoms with Gasteiger partial charge in [-0.05, 0) is 51.1 Å². The predicted molar refractivity (Wildman–Crippen MR) is 121 cm³/mol. The van der Waals surface area contributed by atoms with Gasteiger partial charge in [0.05, 0.1) is 12.7 Å². The van der Waals surface area contributed by atoms with Crippen LogP contribution in [0, 0.1) is 24.4 Å². The molecule has 0 unspecified atom stereocenters. The molecule has 174 valence electrons. The quantitative estimate of drug-likeness (QED) is 0.459. The van der Waals surface area contributed by atoms with Crippen molar-refractivity contribution in [1.29, 1.82) is 0 Å². The molecule has 0 atom stereocenters. The first kappa shape index (κ1) is 23.8. The molecule has 0 radical (unpaired) electrons. The zero-order valence-corrected chi connectivity index (χ0v) is 18.7. The van der Waals surface area contributed by atoms with Crippen molar-refractivity contribution >= 4 is 29.0 Å². The van der Waals surface area contributed by atoms with Gasteiger partial charge in [0.2, 0.25) is 11.8 Å². The summed E-state index contributed by atoms with van der Waals surface area (Å²) >= 11 is 0. The number of nitrogens with one attached hydrogen (secondary N) is 2. The second-order valence-electron chi connectivity index (χ2n) is 7.09. The minimum absolute atomic E-state index is 0.322. The minimum atomic E-state index is -1.50. The van der Waals surface area contributed by atoms with Crippen LogP contribution in [0.3, 0.4) is 0 Å². The lowest BCUT2D eigenvalue weighted by Crippen LogP contribution is -2.23. The molecule has 0 aliphatic carbocycles. The van der Waals surface area contributed by atoms with Gasteiger partial charge < -0.3 is 20.3 Å². The molecule has 0 aliphatic heterocycles. The Bertz CT molecular complexity index is 1150. The third-order valence-corrected chi connectivity index (χ3v) is 4.89. The minimum Gasteiger partial charge on any atom is -0.491 e. The van der Waals surface area contributed by atoms with Crippen LogP contribution in [-0.2, 0) is 0 Å². The summed E-state index contributed by atoms with van der Waals surface area (Å²) in [6, 6.07) is 8.86. The van der Waals surface area contributed by atoms with Crippen LogP contribution in [0.4, 0.5) is 36.3 Å². The Kier molecular flexibility index (Phi) is 7.37. The first-order chi connectivity index (χ1) is 15.8. The van der Waals surface area contributed by atoms with Gasteiger partial charge in [-0.2, -0.15) is 9.37 Å². The molecule has 1 heterocycles. The topological polar surface area (TPSA) is 79.4 Å². The zero-order valence-electron chi connectivity index (χ0n) is 18.7. The van der Waals surface area contributed by atoms with Crippen LogP contribution in [0.2, 0.25) is 0 Å². The summed E-state index contributed by atoms with van der Waals surface area (Å²) in [5.41, 5.74) is 1.11. The van der Waals surface area contributed by atoms with E-state index in [1.807, 2.05) is 26.8 Å². The van der Waals surface area contributed by atoms with Crippen LogP contribution in [0.15, 0.2) is 36.4 Å². The number of hydrogen-bond donors (Lipinski definition) is 2. The molecule has 3 aromatic rings. The molecule has 2 N–H and O–H groups in total. The van der Waals surface area contributed by atoms with Gasteiger partial charge in [-0.1, -0.05) is 0 Å². The standard InChI is InChI=1S/C23H24F3N5O2/c1-5-31(6-2)18-11-13(3)27-23(30-18)29-15-9-7-14(8-10-15)28-22(32)16-12-17(24)20(26)21(33-4)19(16)25/h7-12H,5-6H2,1-4H3,(H,28,32)(H,27,29,30). The molecule has 1 amide bonds. The number of anilines is 4. The fourth-order valence-corrected chi connectivity index (χ4v) is 3.21. The van der Waals surface area contributed by atoms with E-state index in [1.165, 1.54) is 0 Å². The highest BCUT2D eigenvalue weighted by Crippen LogP contribution is 2.28. The van der Waals surface area contributed by atoms with Crippen LogP contribution in [0.5, 0.6) is 5.75 Å². The number of methoxy groups -OCH3 is 1. The lowest BCUT2D eigenvalue weighted by atomic mass is 10.1. The van der Waals surface area contributed by atoms with E-state index in [0.717, 1.165) is 31.7 Å². The largest absolute Gasteiger partial charge is 0.491 e. The van der Waals surface area contributed by atoms with E-state index in [2.05, 4.69) is 30.2 Å². The molecule has 7 nitrogen and oxygen atoms in total. The summed E-state index contributed by atoms with van der Waals surface area (Å²) in [5, 5.41) is 5.56. The number of carbonyl (C=O) groups excluding carboxylic acids is 1. The van der Waals surface area contributed by atoms with Crippen molar-refractivity contribution in [1.82, 2.24) is 9.97 Å². The highest BCUT2D eigenvalue weighted by atomic mass is 19.2. The monoisotopic (exact) mass is 459 g/mol. The maximum absolute atomic E-state index is 14.3. The number of hydrogen-bond acceptors (Lipinski definition) is 6. The van der Waals surface area contributed by atoms with Crippen LogP contribution < -0.4 is 20.3 Å². The Balaban J connectivity index is 1.75. The number of benzene rings is 2. The lowest BCUT2D eigenvalue weighted by molar-refractivity contribution is 0.102. The second-order valence-corrected chi connectivity index (χ2v) is 7.09. The van der Waals surface area contributed by atoms with E-state index in [-0.39, 0.29) is 0 Å². The Morgan fingerprint density at radius 2 is 1.64 bits per heavy atom. The Labute approximate surface area is 189 Å². The molecule has 3 rings (SSSR count). The zero-order chi connectivity index (χ0) is 24.1. The number of aromatic nitrogens is 2. The number of ether oxygens (including phenoxy) is 1. The maximum atomic E-state index is 14.3. The van der Waals surface area contributed by atoms with E-state index >= 15 is 0 Å². The maximum Gasteiger partial charge on any atom is 0.258 e. The fraction of sp³-hybridized carbons (Fsp3) is 0.261. The second kappa shape index (κ2) is 10.2. The SMILES string of the molecule is CCN(CC)c1cc(C)nc(Nc2ccc(NC(=O)c3cc(F)c(F)c(OC)c3F)cc2)n1. The average molecular weight is 459 g/mol. The predicted octanol–water partition coefficient (Wildman–Crippen LogP) is 5.05. The van der Waals surface area contributed by atoms with Gasteiger partial charge in [0.25, 0.3) is 5.91 Å². The van der Waals surface area contributed by atoms with Crippen molar-refractivity contribution in [3.63, 3.8) is 0 Å². The molecule has 10 heteroatoms. The number of carbonyl (C=O) groups is 1. The fourth-order valence-electron chi connectivity index (χ4n) is 3.21. The van der Waals surface area contributed by atoms with Crippen molar-refractivity contribution in [2.24, 2.45) is 0 Å². The number of halogens is 3. The Morgan fingerprint density at radius 1 is 1.00 bits per heavy atom. The summed E-state index contributed by atoms with van der Waals surface area (Å²) in [6.07, 6.45) is 0. The number of amides is 1. The van der Waals surface area contributed by atoms with Gasteiger partial charge >= 0.3 is 0 Å². The first-order valence-corrected chi connectivity index (χ1v) is 10.3. The van der Waals surface area contributed by atoms with Crippen molar-refractivity contribution in [2.45, 2.75) is 20.8 Å². The van der Waals surface area contributed by atoms with Crippen molar-refractivity contribution in [3.05, 3.63) is 65.1 Å². The molecule has 0 aliphatic rings. The molecule has 1 aromatic heterocycles. The molecule has 0 fully saturated rings. The van der Waals surface area contributed by atoms with Crippen molar-refractivity contribution in [3.8, 4) is 5.75 Å². The summed E-state index contributed by atoms with van der Waals surface area (Å²) in [7, 11) is 0.983. The third-order valence-electron chi connectivity index (χ3n) is 4.89. The molecule has 0 saturated heterocycles. The summed E-state index contributed by atoms with van der Waals surface area (Å²) in [4.78, 5) is 23.4. The lowest BCUT2D eigenvalue weighted by Gasteiger charge is -2.20. The smallest absolute Gasteiger partial charge is 0.258 e. The van der Waals surface area contributed by atoms with Gasteiger partial charge in [-0.3, -0.25) is 4.79 Å². The van der Waals surface area contributed by atoms with Gasteiger partial charge in [0.1, 0.15) is 5.82 Å². The number of aryl methyl sites for hydroxylation is 1. The highest BCUT2D eigenvalue weighted by Gasteiger charge is 2.23. The van der Waals surface area contributed by atoms with E-state index in [1.54, 1.807) is 24.3 Å².